The molecule has 4 atom stereocenters. The van der Waals surface area contributed by atoms with Crippen molar-refractivity contribution in [1.82, 2.24) is 5.32 Å². The molecule has 0 aromatic rings. The molecule has 0 aliphatic heterocycles. The first-order chi connectivity index (χ1) is 25.0. The van der Waals surface area contributed by atoms with Crippen LogP contribution in [-0.2, 0) is 4.79 Å². The van der Waals surface area contributed by atoms with E-state index in [0.717, 1.165) is 57.8 Å². The maximum absolute atomic E-state index is 12.4. The smallest absolute Gasteiger partial charge is 0.249 e. The second-order valence-electron chi connectivity index (χ2n) is 15.8. The van der Waals surface area contributed by atoms with Crippen molar-refractivity contribution < 1.29 is 25.2 Å². The summed E-state index contributed by atoms with van der Waals surface area (Å²) in [4.78, 5) is 12.4. The number of nitrogens with one attached hydrogen (secondary N) is 1. The van der Waals surface area contributed by atoms with Crippen molar-refractivity contribution in [2.24, 2.45) is 0 Å². The molecule has 5 N–H and O–H groups in total. The van der Waals surface area contributed by atoms with Gasteiger partial charge in [-0.1, -0.05) is 219 Å². The van der Waals surface area contributed by atoms with Crippen molar-refractivity contribution in [3.63, 3.8) is 0 Å². The highest BCUT2D eigenvalue weighted by Gasteiger charge is 2.28. The van der Waals surface area contributed by atoms with Gasteiger partial charge >= 0.3 is 0 Å². The number of aliphatic hydroxyl groups excluding tert-OH is 4. The first-order valence-electron chi connectivity index (χ1n) is 22.6. The largest absolute Gasteiger partial charge is 0.394 e. The van der Waals surface area contributed by atoms with Crippen molar-refractivity contribution in [2.45, 2.75) is 263 Å². The van der Waals surface area contributed by atoms with Gasteiger partial charge in [0.2, 0.25) is 5.91 Å². The SMILES string of the molecule is CCCC/C=C\CCCCCCC(O)C(=O)NC(CO)C(O)C(O)CCCCCCCCCCCCCCCCCCCCCCCCCCC. The van der Waals surface area contributed by atoms with Gasteiger partial charge in [0, 0.05) is 0 Å². The van der Waals surface area contributed by atoms with Gasteiger partial charge in [0.15, 0.2) is 0 Å². The van der Waals surface area contributed by atoms with Gasteiger partial charge in [-0.05, 0) is 32.1 Å². The third-order valence-electron chi connectivity index (χ3n) is 10.7. The maximum Gasteiger partial charge on any atom is 0.249 e. The summed E-state index contributed by atoms with van der Waals surface area (Å²) in [5.41, 5.74) is 0. The molecule has 0 aromatic heterocycles. The Labute approximate surface area is 317 Å². The van der Waals surface area contributed by atoms with Crippen molar-refractivity contribution in [3.8, 4) is 0 Å². The first kappa shape index (κ1) is 50.1. The highest BCUT2D eigenvalue weighted by molar-refractivity contribution is 5.80. The molecule has 0 rings (SSSR count). The molecule has 0 heterocycles. The van der Waals surface area contributed by atoms with E-state index in [9.17, 15) is 25.2 Å². The quantitative estimate of drug-likeness (QED) is 0.0319. The fourth-order valence-corrected chi connectivity index (χ4v) is 7.09. The molecule has 0 aliphatic rings. The Morgan fingerprint density at radius 2 is 0.804 bits per heavy atom. The molecule has 0 bridgehead atoms. The summed E-state index contributed by atoms with van der Waals surface area (Å²) in [7, 11) is 0. The molecule has 6 heteroatoms. The molecule has 304 valence electrons. The second kappa shape index (κ2) is 40.2. The van der Waals surface area contributed by atoms with Gasteiger partial charge in [-0.3, -0.25) is 4.79 Å². The number of unbranched alkanes of at least 4 members (excludes halogenated alkanes) is 30. The lowest BCUT2D eigenvalue weighted by Crippen LogP contribution is -2.53. The number of allylic oxidation sites excluding steroid dienone is 2. The highest BCUT2D eigenvalue weighted by Crippen LogP contribution is 2.17. The van der Waals surface area contributed by atoms with E-state index < -0.39 is 36.9 Å². The van der Waals surface area contributed by atoms with Gasteiger partial charge in [0.05, 0.1) is 18.8 Å². The van der Waals surface area contributed by atoms with Crippen molar-refractivity contribution >= 4 is 5.91 Å². The Morgan fingerprint density at radius 3 is 1.20 bits per heavy atom. The predicted octanol–water partition coefficient (Wildman–Crippen LogP) is 11.8. The summed E-state index contributed by atoms with van der Waals surface area (Å²) >= 11 is 0. The van der Waals surface area contributed by atoms with Crippen LogP contribution in [-0.4, -0.2) is 57.3 Å². The Balaban J connectivity index is 3.61. The molecule has 6 nitrogen and oxygen atoms in total. The molecular formula is C45H89NO5. The van der Waals surface area contributed by atoms with Crippen LogP contribution in [0, 0.1) is 0 Å². The average molecular weight is 724 g/mol. The van der Waals surface area contributed by atoms with Gasteiger partial charge < -0.3 is 25.7 Å². The number of rotatable bonds is 41. The third-order valence-corrected chi connectivity index (χ3v) is 10.7. The Kier molecular flexibility index (Phi) is 39.5. The number of hydrogen-bond acceptors (Lipinski definition) is 5. The van der Waals surface area contributed by atoms with E-state index in [2.05, 4.69) is 31.3 Å². The van der Waals surface area contributed by atoms with E-state index in [1.807, 2.05) is 0 Å². The molecule has 51 heavy (non-hydrogen) atoms. The van der Waals surface area contributed by atoms with Crippen molar-refractivity contribution in [2.75, 3.05) is 6.61 Å². The van der Waals surface area contributed by atoms with E-state index in [4.69, 9.17) is 0 Å². The van der Waals surface area contributed by atoms with Crippen LogP contribution in [0.4, 0.5) is 0 Å². The van der Waals surface area contributed by atoms with Gasteiger partial charge in [-0.25, -0.2) is 0 Å². The summed E-state index contributed by atoms with van der Waals surface area (Å²) in [6.07, 6.45) is 44.1. The molecule has 0 aliphatic carbocycles. The number of carbonyl (C=O) groups excluding carboxylic acids is 1. The molecule has 0 saturated heterocycles. The summed E-state index contributed by atoms with van der Waals surface area (Å²) in [5.74, 6) is -0.593. The van der Waals surface area contributed by atoms with Crippen LogP contribution in [0.25, 0.3) is 0 Å². The van der Waals surface area contributed by atoms with Crippen LogP contribution < -0.4 is 5.32 Å². The van der Waals surface area contributed by atoms with E-state index in [0.29, 0.717) is 12.8 Å². The Morgan fingerprint density at radius 1 is 0.471 bits per heavy atom. The minimum Gasteiger partial charge on any atom is -0.394 e. The molecule has 0 fully saturated rings. The highest BCUT2D eigenvalue weighted by atomic mass is 16.3. The second-order valence-corrected chi connectivity index (χ2v) is 15.8. The van der Waals surface area contributed by atoms with Gasteiger partial charge in [-0.15, -0.1) is 0 Å². The number of carbonyl (C=O) groups is 1. The topological polar surface area (TPSA) is 110 Å². The fourth-order valence-electron chi connectivity index (χ4n) is 7.09. The minimum absolute atomic E-state index is 0.356. The third kappa shape index (κ3) is 34.6. The van der Waals surface area contributed by atoms with Crippen LogP contribution in [0.15, 0.2) is 12.2 Å². The zero-order valence-corrected chi connectivity index (χ0v) is 34.1. The molecule has 0 spiro atoms. The molecule has 0 aromatic carbocycles. The number of hydrogen-bond donors (Lipinski definition) is 5. The van der Waals surface area contributed by atoms with Crippen LogP contribution in [0.3, 0.4) is 0 Å². The van der Waals surface area contributed by atoms with Crippen molar-refractivity contribution in [3.05, 3.63) is 12.2 Å². The van der Waals surface area contributed by atoms with Crippen LogP contribution >= 0.6 is 0 Å². The molecular weight excluding hydrogens is 634 g/mol. The summed E-state index contributed by atoms with van der Waals surface area (Å²) in [6, 6.07) is -0.985. The average Bonchev–Trinajstić information content (AvgIpc) is 3.13. The lowest BCUT2D eigenvalue weighted by Gasteiger charge is -2.27. The predicted molar refractivity (Wildman–Crippen MR) is 219 cm³/mol. The summed E-state index contributed by atoms with van der Waals surface area (Å²) in [5, 5.41) is 43.6. The van der Waals surface area contributed by atoms with E-state index in [1.165, 1.54) is 154 Å². The van der Waals surface area contributed by atoms with E-state index >= 15 is 0 Å². The lowest BCUT2D eigenvalue weighted by atomic mass is 9.99. The van der Waals surface area contributed by atoms with Gasteiger partial charge in [0.25, 0.3) is 0 Å². The van der Waals surface area contributed by atoms with Gasteiger partial charge in [0.1, 0.15) is 12.2 Å². The zero-order chi connectivity index (χ0) is 37.5. The van der Waals surface area contributed by atoms with Crippen LogP contribution in [0.2, 0.25) is 0 Å². The lowest BCUT2D eigenvalue weighted by molar-refractivity contribution is -0.132. The Bertz CT molecular complexity index is 731. The molecule has 0 radical (unpaired) electrons. The maximum atomic E-state index is 12.4. The molecule has 1 amide bonds. The minimum atomic E-state index is -1.26. The normalized spacial score (nSPS) is 14.2. The zero-order valence-electron chi connectivity index (χ0n) is 34.1. The van der Waals surface area contributed by atoms with Crippen LogP contribution in [0.5, 0.6) is 0 Å². The number of aliphatic hydroxyl groups is 4. The summed E-state index contributed by atoms with van der Waals surface area (Å²) < 4.78 is 0. The van der Waals surface area contributed by atoms with Gasteiger partial charge in [-0.2, -0.15) is 0 Å². The summed E-state index contributed by atoms with van der Waals surface area (Å²) in [6.45, 7) is 4.00. The fraction of sp³-hybridized carbons (Fsp3) is 0.933. The van der Waals surface area contributed by atoms with Crippen LogP contribution in [0.1, 0.15) is 239 Å². The Hall–Kier alpha value is -0.950. The monoisotopic (exact) mass is 724 g/mol. The molecule has 4 unspecified atom stereocenters. The van der Waals surface area contributed by atoms with E-state index in [1.54, 1.807) is 0 Å². The van der Waals surface area contributed by atoms with E-state index in [-0.39, 0.29) is 0 Å². The first-order valence-corrected chi connectivity index (χ1v) is 22.6. The standard InChI is InChI=1S/C45H89NO5/c1-3-5-7-9-11-13-15-16-17-18-19-20-21-22-23-24-25-26-27-28-29-31-32-34-36-38-42(48)44(50)41(40-47)46-45(51)43(49)39-37-35-33-30-14-12-10-8-6-4-2/h10,12,41-44,47-50H,3-9,11,13-40H2,1-2H3,(H,46,51)/b12-10-. The molecule has 0 saturated carbocycles. The number of amides is 1. The van der Waals surface area contributed by atoms with Crippen molar-refractivity contribution in [1.29, 1.82) is 0 Å².